The fourth-order valence-electron chi connectivity index (χ4n) is 1.11. The third kappa shape index (κ3) is 2.67. The molecule has 0 atom stereocenters. The summed E-state index contributed by atoms with van der Waals surface area (Å²) >= 11 is 5.65. The standard InChI is InChI=1S/C8H6ClN3O5/c1-17-8(13)4-2-5(10-11-14)7(9)6(3-4)12(15)16/h2-3H,1H3,(H,10,14). The normalized spacial score (nSPS) is 9.53. The summed E-state index contributed by atoms with van der Waals surface area (Å²) in [7, 11) is 1.12. The molecule has 0 aliphatic carbocycles. The summed E-state index contributed by atoms with van der Waals surface area (Å²) in [5.41, 5.74) is 1.13. The van der Waals surface area contributed by atoms with E-state index in [-0.39, 0.29) is 16.3 Å². The molecule has 0 spiro atoms. The van der Waals surface area contributed by atoms with Gasteiger partial charge in [0.25, 0.3) is 5.69 Å². The predicted molar refractivity (Wildman–Crippen MR) is 58.9 cm³/mol. The molecular formula is C8H6ClN3O5. The van der Waals surface area contributed by atoms with E-state index in [0.29, 0.717) is 0 Å². The number of esters is 1. The summed E-state index contributed by atoms with van der Waals surface area (Å²) < 4.78 is 4.40. The van der Waals surface area contributed by atoms with E-state index >= 15 is 0 Å². The zero-order chi connectivity index (χ0) is 13.0. The second-order valence-electron chi connectivity index (χ2n) is 2.81. The van der Waals surface area contributed by atoms with Crippen LogP contribution in [0.3, 0.4) is 0 Å². The van der Waals surface area contributed by atoms with Gasteiger partial charge in [-0.3, -0.25) is 10.1 Å². The predicted octanol–water partition coefficient (Wildman–Crippen LogP) is 2.13. The first-order chi connectivity index (χ1) is 8.01. The highest BCUT2D eigenvalue weighted by Gasteiger charge is 2.21. The number of hydrogen-bond acceptors (Lipinski definition) is 6. The van der Waals surface area contributed by atoms with E-state index in [1.807, 2.05) is 5.43 Å². The quantitative estimate of drug-likeness (QED) is 0.384. The van der Waals surface area contributed by atoms with Crippen LogP contribution in [-0.4, -0.2) is 18.0 Å². The van der Waals surface area contributed by atoms with Crippen LogP contribution in [0.25, 0.3) is 0 Å². The average molecular weight is 260 g/mol. The molecule has 0 aliphatic heterocycles. The van der Waals surface area contributed by atoms with Crippen molar-refractivity contribution in [1.29, 1.82) is 0 Å². The monoisotopic (exact) mass is 259 g/mol. The number of rotatable bonds is 4. The molecule has 9 heteroatoms. The summed E-state index contributed by atoms with van der Waals surface area (Å²) in [5, 5.41) is 12.7. The van der Waals surface area contributed by atoms with Gasteiger partial charge in [0.15, 0.2) is 0 Å². The molecule has 90 valence electrons. The molecule has 0 aliphatic rings. The maximum atomic E-state index is 11.2. The Morgan fingerprint density at radius 2 is 2.24 bits per heavy atom. The Kier molecular flexibility index (Phi) is 3.94. The van der Waals surface area contributed by atoms with E-state index in [9.17, 15) is 19.8 Å². The van der Waals surface area contributed by atoms with Crippen molar-refractivity contribution in [2.75, 3.05) is 12.5 Å². The first-order valence-corrected chi connectivity index (χ1v) is 4.53. The number of hydrogen-bond donors (Lipinski definition) is 1. The Labute approximate surface area is 99.6 Å². The van der Waals surface area contributed by atoms with Crippen LogP contribution >= 0.6 is 11.6 Å². The van der Waals surface area contributed by atoms with Crippen molar-refractivity contribution in [2.45, 2.75) is 0 Å². The SMILES string of the molecule is COC(=O)c1cc(NN=O)c(Cl)c([N+](=O)[O-])c1. The lowest BCUT2D eigenvalue weighted by Crippen LogP contribution is -2.04. The zero-order valence-corrected chi connectivity index (χ0v) is 9.22. The van der Waals surface area contributed by atoms with Crippen molar-refractivity contribution >= 4 is 28.9 Å². The van der Waals surface area contributed by atoms with Crippen LogP contribution in [-0.2, 0) is 4.74 Å². The van der Waals surface area contributed by atoms with Gasteiger partial charge in [-0.1, -0.05) is 11.6 Å². The van der Waals surface area contributed by atoms with Crippen LogP contribution < -0.4 is 5.43 Å². The lowest BCUT2D eigenvalue weighted by Gasteiger charge is -2.05. The van der Waals surface area contributed by atoms with Gasteiger partial charge < -0.3 is 4.74 Å². The van der Waals surface area contributed by atoms with Gasteiger partial charge in [-0.15, -0.1) is 4.91 Å². The molecule has 8 nitrogen and oxygen atoms in total. The van der Waals surface area contributed by atoms with Gasteiger partial charge in [-0.25, -0.2) is 10.2 Å². The lowest BCUT2D eigenvalue weighted by atomic mass is 10.1. The van der Waals surface area contributed by atoms with Crippen LogP contribution in [0, 0.1) is 15.0 Å². The zero-order valence-electron chi connectivity index (χ0n) is 8.47. The van der Waals surface area contributed by atoms with E-state index in [2.05, 4.69) is 10.0 Å². The van der Waals surface area contributed by atoms with E-state index in [1.165, 1.54) is 0 Å². The molecule has 0 bridgehead atoms. The Bertz CT molecular complexity index is 490. The van der Waals surface area contributed by atoms with E-state index in [1.54, 1.807) is 0 Å². The molecule has 17 heavy (non-hydrogen) atoms. The minimum Gasteiger partial charge on any atom is -0.465 e. The van der Waals surface area contributed by atoms with Gasteiger partial charge in [0.2, 0.25) is 0 Å². The number of nitroso groups, excluding NO2 is 1. The number of benzene rings is 1. The van der Waals surface area contributed by atoms with Gasteiger partial charge in [0.05, 0.1) is 28.6 Å². The fourth-order valence-corrected chi connectivity index (χ4v) is 1.33. The Morgan fingerprint density at radius 3 is 2.71 bits per heavy atom. The van der Waals surface area contributed by atoms with Crippen molar-refractivity contribution < 1.29 is 14.5 Å². The van der Waals surface area contributed by atoms with Crippen LogP contribution in [0.1, 0.15) is 10.4 Å². The molecule has 0 unspecified atom stereocenters. The smallest absolute Gasteiger partial charge is 0.338 e. The third-order valence-electron chi connectivity index (χ3n) is 1.84. The third-order valence-corrected chi connectivity index (χ3v) is 2.23. The lowest BCUT2D eigenvalue weighted by molar-refractivity contribution is -0.384. The van der Waals surface area contributed by atoms with Crippen LogP contribution in [0.4, 0.5) is 11.4 Å². The number of carbonyl (C=O) groups is 1. The second-order valence-corrected chi connectivity index (χ2v) is 3.19. The minimum atomic E-state index is -0.793. The fraction of sp³-hybridized carbons (Fsp3) is 0.125. The highest BCUT2D eigenvalue weighted by atomic mass is 35.5. The van der Waals surface area contributed by atoms with Crippen molar-refractivity contribution in [3.63, 3.8) is 0 Å². The van der Waals surface area contributed by atoms with Crippen LogP contribution in [0.15, 0.2) is 17.4 Å². The molecule has 0 saturated heterocycles. The number of ether oxygens (including phenoxy) is 1. The van der Waals surface area contributed by atoms with Crippen LogP contribution in [0.5, 0.6) is 0 Å². The molecule has 0 saturated carbocycles. The Balaban J connectivity index is 3.40. The maximum Gasteiger partial charge on any atom is 0.338 e. The van der Waals surface area contributed by atoms with Gasteiger partial charge in [-0.05, 0) is 6.07 Å². The van der Waals surface area contributed by atoms with Crippen LogP contribution in [0.2, 0.25) is 5.02 Å². The number of nitro benzene ring substituents is 1. The summed E-state index contributed by atoms with van der Waals surface area (Å²) in [5.74, 6) is -0.793. The molecule has 1 rings (SSSR count). The minimum absolute atomic E-state index is 0.116. The second kappa shape index (κ2) is 5.21. The number of nitrogens with one attached hydrogen (secondary N) is 1. The average Bonchev–Trinajstić information content (AvgIpc) is 2.30. The molecule has 1 N–H and O–H groups in total. The topological polar surface area (TPSA) is 111 Å². The molecule has 0 heterocycles. The Morgan fingerprint density at radius 1 is 1.59 bits per heavy atom. The van der Waals surface area contributed by atoms with E-state index < -0.39 is 16.6 Å². The number of nitro groups is 1. The molecule has 0 aromatic heterocycles. The maximum absolute atomic E-state index is 11.2. The molecular weight excluding hydrogens is 254 g/mol. The van der Waals surface area contributed by atoms with Gasteiger partial charge in [-0.2, -0.15) is 0 Å². The largest absolute Gasteiger partial charge is 0.465 e. The molecule has 1 aromatic carbocycles. The summed E-state index contributed by atoms with van der Waals surface area (Å²) in [6.07, 6.45) is 0. The number of anilines is 1. The van der Waals surface area contributed by atoms with Gasteiger partial charge in [0.1, 0.15) is 5.02 Å². The first-order valence-electron chi connectivity index (χ1n) is 4.16. The number of carbonyl (C=O) groups excluding carboxylic acids is 1. The first kappa shape index (κ1) is 12.8. The number of nitrogens with zero attached hydrogens (tertiary/aromatic N) is 2. The molecule has 1 aromatic rings. The summed E-state index contributed by atoms with van der Waals surface area (Å²) in [6, 6.07) is 2.08. The molecule has 0 amide bonds. The van der Waals surface area contributed by atoms with E-state index in [0.717, 1.165) is 19.2 Å². The molecule has 0 fully saturated rings. The van der Waals surface area contributed by atoms with Crippen molar-refractivity contribution in [3.05, 3.63) is 37.7 Å². The highest BCUT2D eigenvalue weighted by molar-refractivity contribution is 6.35. The van der Waals surface area contributed by atoms with Crippen molar-refractivity contribution in [1.82, 2.24) is 0 Å². The highest BCUT2D eigenvalue weighted by Crippen LogP contribution is 2.33. The number of methoxy groups -OCH3 is 1. The molecule has 0 radical (unpaired) electrons. The van der Waals surface area contributed by atoms with Crippen molar-refractivity contribution in [3.8, 4) is 0 Å². The van der Waals surface area contributed by atoms with Gasteiger partial charge in [0, 0.05) is 6.07 Å². The number of halogens is 1. The summed E-state index contributed by atoms with van der Waals surface area (Å²) in [6.45, 7) is 0. The van der Waals surface area contributed by atoms with Crippen molar-refractivity contribution in [2.24, 2.45) is 5.29 Å². The summed E-state index contributed by atoms with van der Waals surface area (Å²) in [4.78, 5) is 31.2. The van der Waals surface area contributed by atoms with Gasteiger partial charge >= 0.3 is 5.97 Å². The van der Waals surface area contributed by atoms with E-state index in [4.69, 9.17) is 11.6 Å². The Hall–Kier alpha value is -2.22.